The van der Waals surface area contributed by atoms with Crippen molar-refractivity contribution in [1.82, 2.24) is 25.0 Å². The number of morpholine rings is 1. The highest BCUT2D eigenvalue weighted by Crippen LogP contribution is 2.29. The van der Waals surface area contributed by atoms with Crippen LogP contribution in [0.2, 0.25) is 5.02 Å². The van der Waals surface area contributed by atoms with Crippen molar-refractivity contribution in [2.75, 3.05) is 24.6 Å². The standard InChI is InChI=1S/C15H14ClFN6O/c1-22-14-13(20-21-22)15(19-8-18-14)23-4-5-24-12(7-23)9-2-3-11(17)10(16)6-9/h2-3,6,8,12H,4-5,7H2,1H3. The molecule has 0 bridgehead atoms. The highest BCUT2D eigenvalue weighted by molar-refractivity contribution is 6.30. The number of hydrogen-bond acceptors (Lipinski definition) is 6. The molecule has 24 heavy (non-hydrogen) atoms. The Morgan fingerprint density at radius 3 is 3.04 bits per heavy atom. The van der Waals surface area contributed by atoms with Crippen LogP contribution in [0, 0.1) is 5.82 Å². The van der Waals surface area contributed by atoms with Gasteiger partial charge in [-0.3, -0.25) is 0 Å². The molecule has 2 aromatic heterocycles. The van der Waals surface area contributed by atoms with Gasteiger partial charge in [0.1, 0.15) is 18.2 Å². The summed E-state index contributed by atoms with van der Waals surface area (Å²) in [7, 11) is 1.79. The van der Waals surface area contributed by atoms with Crippen molar-refractivity contribution in [2.24, 2.45) is 7.05 Å². The van der Waals surface area contributed by atoms with Gasteiger partial charge in [0.2, 0.25) is 0 Å². The Bertz CT molecular complexity index is 901. The minimum Gasteiger partial charge on any atom is -0.370 e. The number of halogens is 2. The van der Waals surface area contributed by atoms with Crippen molar-refractivity contribution in [3.63, 3.8) is 0 Å². The molecule has 9 heteroatoms. The Hall–Kier alpha value is -2.32. The fraction of sp³-hybridized carbons (Fsp3) is 0.333. The zero-order chi connectivity index (χ0) is 16.7. The fourth-order valence-electron chi connectivity index (χ4n) is 2.83. The second-order valence-electron chi connectivity index (χ2n) is 5.56. The highest BCUT2D eigenvalue weighted by Gasteiger charge is 2.26. The minimum atomic E-state index is -0.440. The van der Waals surface area contributed by atoms with Crippen LogP contribution in [0.15, 0.2) is 24.5 Å². The molecule has 124 valence electrons. The van der Waals surface area contributed by atoms with E-state index in [4.69, 9.17) is 16.3 Å². The summed E-state index contributed by atoms with van der Waals surface area (Å²) in [6.07, 6.45) is 1.28. The predicted molar refractivity (Wildman–Crippen MR) is 86.4 cm³/mol. The number of benzene rings is 1. The first kappa shape index (κ1) is 15.2. The molecular weight excluding hydrogens is 335 g/mol. The summed E-state index contributed by atoms with van der Waals surface area (Å²) in [5.74, 6) is 0.278. The number of fused-ring (bicyclic) bond motifs is 1. The van der Waals surface area contributed by atoms with Gasteiger partial charge in [-0.2, -0.15) is 0 Å². The number of anilines is 1. The van der Waals surface area contributed by atoms with Gasteiger partial charge in [-0.05, 0) is 17.7 Å². The summed E-state index contributed by atoms with van der Waals surface area (Å²) in [6, 6.07) is 4.64. The zero-order valence-corrected chi connectivity index (χ0v) is 13.6. The number of ether oxygens (including phenoxy) is 1. The number of aromatic nitrogens is 5. The number of aryl methyl sites for hydroxylation is 1. The maximum atomic E-state index is 13.4. The van der Waals surface area contributed by atoms with E-state index in [0.717, 1.165) is 11.4 Å². The molecule has 1 atom stereocenters. The van der Waals surface area contributed by atoms with Gasteiger partial charge in [-0.25, -0.2) is 19.0 Å². The molecule has 1 saturated heterocycles. The highest BCUT2D eigenvalue weighted by atomic mass is 35.5. The molecule has 0 amide bonds. The van der Waals surface area contributed by atoms with Crippen LogP contribution in [0.1, 0.15) is 11.7 Å². The molecular formula is C15H14ClFN6O. The van der Waals surface area contributed by atoms with Crippen LogP contribution >= 0.6 is 11.6 Å². The Morgan fingerprint density at radius 2 is 2.21 bits per heavy atom. The van der Waals surface area contributed by atoms with E-state index in [1.54, 1.807) is 23.9 Å². The fourth-order valence-corrected chi connectivity index (χ4v) is 3.02. The van der Waals surface area contributed by atoms with E-state index in [2.05, 4.69) is 25.2 Å². The van der Waals surface area contributed by atoms with E-state index in [1.807, 2.05) is 0 Å². The SMILES string of the molecule is Cn1nnc2c(N3CCOC(c4ccc(F)c(Cl)c4)C3)ncnc21. The third-order valence-electron chi connectivity index (χ3n) is 4.05. The third kappa shape index (κ3) is 2.57. The topological polar surface area (TPSA) is 69.0 Å². The molecule has 4 rings (SSSR count). The van der Waals surface area contributed by atoms with E-state index in [-0.39, 0.29) is 11.1 Å². The van der Waals surface area contributed by atoms with Crippen LogP contribution in [0.4, 0.5) is 10.2 Å². The van der Waals surface area contributed by atoms with Crippen molar-refractivity contribution >= 4 is 28.6 Å². The van der Waals surface area contributed by atoms with Crippen LogP contribution in [-0.2, 0) is 11.8 Å². The molecule has 3 aromatic rings. The number of rotatable bonds is 2. The summed E-state index contributed by atoms with van der Waals surface area (Å²) < 4.78 is 20.8. The summed E-state index contributed by atoms with van der Waals surface area (Å²) in [6.45, 7) is 1.75. The number of hydrogen-bond donors (Lipinski definition) is 0. The molecule has 3 heterocycles. The molecule has 0 saturated carbocycles. The van der Waals surface area contributed by atoms with Gasteiger partial charge in [0, 0.05) is 20.1 Å². The monoisotopic (exact) mass is 348 g/mol. The van der Waals surface area contributed by atoms with Gasteiger partial charge < -0.3 is 9.64 Å². The smallest absolute Gasteiger partial charge is 0.183 e. The van der Waals surface area contributed by atoms with Crippen LogP contribution < -0.4 is 4.90 Å². The first-order valence-electron chi connectivity index (χ1n) is 7.45. The Kier molecular flexibility index (Phi) is 3.78. The van der Waals surface area contributed by atoms with Crippen LogP contribution in [0.3, 0.4) is 0 Å². The molecule has 0 radical (unpaired) electrons. The zero-order valence-electron chi connectivity index (χ0n) is 12.9. The molecule has 1 aliphatic heterocycles. The first-order valence-corrected chi connectivity index (χ1v) is 7.83. The van der Waals surface area contributed by atoms with E-state index in [1.165, 1.54) is 12.4 Å². The Balaban J connectivity index is 1.65. The summed E-state index contributed by atoms with van der Waals surface area (Å²) >= 11 is 5.88. The van der Waals surface area contributed by atoms with Gasteiger partial charge in [-0.1, -0.05) is 22.9 Å². The van der Waals surface area contributed by atoms with E-state index < -0.39 is 5.82 Å². The van der Waals surface area contributed by atoms with Gasteiger partial charge >= 0.3 is 0 Å². The largest absolute Gasteiger partial charge is 0.370 e. The molecule has 1 aliphatic rings. The summed E-state index contributed by atoms with van der Waals surface area (Å²) in [4.78, 5) is 10.6. The van der Waals surface area contributed by atoms with Crippen molar-refractivity contribution in [3.8, 4) is 0 Å². The maximum Gasteiger partial charge on any atom is 0.183 e. The average molecular weight is 349 g/mol. The summed E-state index contributed by atoms with van der Waals surface area (Å²) in [5.41, 5.74) is 2.15. The van der Waals surface area contributed by atoms with E-state index >= 15 is 0 Å². The molecule has 0 aliphatic carbocycles. The van der Waals surface area contributed by atoms with Crippen molar-refractivity contribution < 1.29 is 9.13 Å². The minimum absolute atomic E-state index is 0.0894. The normalized spacial score (nSPS) is 18.3. The lowest BCUT2D eigenvalue weighted by molar-refractivity contribution is 0.0396. The van der Waals surface area contributed by atoms with Gasteiger partial charge in [-0.15, -0.1) is 5.10 Å². The van der Waals surface area contributed by atoms with E-state index in [0.29, 0.717) is 30.9 Å². The molecule has 1 fully saturated rings. The van der Waals surface area contributed by atoms with Crippen molar-refractivity contribution in [2.45, 2.75) is 6.10 Å². The second kappa shape index (κ2) is 5.95. The maximum absolute atomic E-state index is 13.4. The summed E-state index contributed by atoms with van der Waals surface area (Å²) in [5, 5.41) is 8.24. The van der Waals surface area contributed by atoms with Gasteiger partial charge in [0.25, 0.3) is 0 Å². The molecule has 1 unspecified atom stereocenters. The molecule has 0 spiro atoms. The molecule has 0 N–H and O–H groups in total. The van der Waals surface area contributed by atoms with Crippen LogP contribution in [-0.4, -0.2) is 44.7 Å². The predicted octanol–water partition coefficient (Wildman–Crippen LogP) is 2.13. The average Bonchev–Trinajstić information content (AvgIpc) is 2.99. The third-order valence-corrected chi connectivity index (χ3v) is 4.34. The lowest BCUT2D eigenvalue weighted by atomic mass is 10.1. The van der Waals surface area contributed by atoms with E-state index in [9.17, 15) is 4.39 Å². The Labute approximate surface area is 142 Å². The van der Waals surface area contributed by atoms with Gasteiger partial charge in [0.05, 0.1) is 11.6 Å². The van der Waals surface area contributed by atoms with Crippen LogP contribution in [0.5, 0.6) is 0 Å². The quantitative estimate of drug-likeness (QED) is 0.706. The molecule has 7 nitrogen and oxygen atoms in total. The Morgan fingerprint density at radius 1 is 1.33 bits per heavy atom. The second-order valence-corrected chi connectivity index (χ2v) is 5.97. The van der Waals surface area contributed by atoms with Crippen molar-refractivity contribution in [3.05, 3.63) is 40.9 Å². The molecule has 1 aromatic carbocycles. The van der Waals surface area contributed by atoms with Gasteiger partial charge in [0.15, 0.2) is 17.0 Å². The lowest BCUT2D eigenvalue weighted by Gasteiger charge is -2.33. The lowest BCUT2D eigenvalue weighted by Crippen LogP contribution is -2.39. The number of nitrogens with zero attached hydrogens (tertiary/aromatic N) is 6. The van der Waals surface area contributed by atoms with Crippen molar-refractivity contribution in [1.29, 1.82) is 0 Å². The first-order chi connectivity index (χ1) is 11.6. The van der Waals surface area contributed by atoms with Crippen LogP contribution in [0.25, 0.3) is 11.2 Å².